The maximum absolute atomic E-state index is 13.1. The molecular formula is C34H31FeNO3. The average molecular weight is 557 g/mol. The van der Waals surface area contributed by atoms with Crippen LogP contribution in [0.1, 0.15) is 53.7 Å². The Morgan fingerprint density at radius 3 is 2.13 bits per heavy atom. The first-order valence-electron chi connectivity index (χ1n) is 12.9. The second-order valence-electron chi connectivity index (χ2n) is 10.4. The number of benzene rings is 2. The smallest absolute Gasteiger partial charge is 0.599 e. The van der Waals surface area contributed by atoms with E-state index < -0.39 is 6.10 Å². The van der Waals surface area contributed by atoms with Crippen molar-refractivity contribution in [2.75, 3.05) is 0 Å². The summed E-state index contributed by atoms with van der Waals surface area (Å²) in [4.78, 5) is 13.1. The molecule has 1 heterocycles. The molecule has 0 saturated carbocycles. The molecular weight excluding hydrogens is 526 g/mol. The van der Waals surface area contributed by atoms with Crippen molar-refractivity contribution in [3.05, 3.63) is 155 Å². The van der Waals surface area contributed by atoms with Gasteiger partial charge in [-0.25, -0.2) is 12.1 Å². The van der Waals surface area contributed by atoms with Crippen LogP contribution in [0.15, 0.2) is 133 Å². The predicted octanol–water partition coefficient (Wildman–Crippen LogP) is 6.84. The number of carbonyl (C=O) groups excluding carboxylic acids is 1. The number of para-hydroxylation sites is 1. The molecule has 0 bridgehead atoms. The average Bonchev–Trinajstić information content (AvgIpc) is 3.71. The van der Waals surface area contributed by atoms with E-state index in [1.54, 1.807) is 12.2 Å². The molecule has 1 unspecified atom stereocenters. The molecule has 0 radical (unpaired) electrons. The summed E-state index contributed by atoms with van der Waals surface area (Å²) < 4.78 is 8.24. The maximum Gasteiger partial charge on any atom is 2.00 e. The Bertz CT molecular complexity index is 1440. The monoisotopic (exact) mass is 557 g/mol. The molecule has 0 N–H and O–H groups in total. The zero-order chi connectivity index (χ0) is 26.5. The first kappa shape index (κ1) is 28.1. The van der Waals surface area contributed by atoms with Crippen LogP contribution in [0.4, 0.5) is 0 Å². The Morgan fingerprint density at radius 2 is 1.54 bits per heavy atom. The molecule has 1 aromatic heterocycles. The van der Waals surface area contributed by atoms with Crippen LogP contribution in [0.5, 0.6) is 0 Å². The molecule has 39 heavy (non-hydrogen) atoms. The first-order chi connectivity index (χ1) is 18.4. The Kier molecular flexibility index (Phi) is 8.86. The van der Waals surface area contributed by atoms with Gasteiger partial charge in [0.1, 0.15) is 0 Å². The van der Waals surface area contributed by atoms with Gasteiger partial charge in [-0.2, -0.15) is 18.2 Å². The van der Waals surface area contributed by atoms with E-state index in [1.807, 2.05) is 109 Å². The zero-order valence-corrected chi connectivity index (χ0v) is 23.2. The minimum atomic E-state index is -0.657. The number of hydrogen-bond acceptors (Lipinski definition) is 3. The van der Waals surface area contributed by atoms with Crippen LogP contribution in [0, 0.1) is 5.41 Å². The standard InChI is InChI=1S/C29H27NO3.C5H5.Fe/c1-29(2)18-25-23(26(31)19-29)17-24(30(25)22-15-7-4-8-16-22)27(20-11-5-3-6-12-20)33-28(32)21-13-9-10-14-21;1-2-4-5-3-1;/h3-17,27,32H,18-19H2,1-2H3;1-5H;/q;-1;+2/p-1. The molecule has 5 heteroatoms. The molecule has 6 rings (SSSR count). The minimum Gasteiger partial charge on any atom is -0.599 e. The van der Waals surface area contributed by atoms with Gasteiger partial charge in [-0.1, -0.05) is 86.7 Å². The van der Waals surface area contributed by atoms with Gasteiger partial charge in [0.2, 0.25) is 0 Å². The Hall–Kier alpha value is -3.92. The third kappa shape index (κ3) is 6.39. The van der Waals surface area contributed by atoms with Gasteiger partial charge in [0.25, 0.3) is 0 Å². The number of nitrogens with zero attached hydrogens (tertiary/aromatic N) is 1. The fraction of sp³-hybridized carbons (Fsp3) is 0.176. The van der Waals surface area contributed by atoms with E-state index in [1.165, 1.54) is 0 Å². The molecule has 0 fully saturated rings. The SMILES string of the molecule is CC1(C)CC(=O)c2cc(C(OC([O-])=C3C=CC=C3)c3ccccc3)n(-c3ccccc3)c2C1.[Fe+2].c1cc[cH-]c1. The second-order valence-corrected chi connectivity index (χ2v) is 10.4. The molecule has 4 nitrogen and oxygen atoms in total. The van der Waals surface area contributed by atoms with Crippen LogP contribution in [0.2, 0.25) is 0 Å². The summed E-state index contributed by atoms with van der Waals surface area (Å²) in [6, 6.07) is 31.6. The summed E-state index contributed by atoms with van der Waals surface area (Å²) in [7, 11) is 0. The van der Waals surface area contributed by atoms with Crippen LogP contribution in [-0.2, 0) is 28.2 Å². The number of allylic oxidation sites excluding steroid dienone is 5. The topological polar surface area (TPSA) is 54.3 Å². The van der Waals surface area contributed by atoms with Crippen molar-refractivity contribution in [3.63, 3.8) is 0 Å². The molecule has 1 atom stereocenters. The number of ketones is 1. The van der Waals surface area contributed by atoms with Crippen LogP contribution in [-0.4, -0.2) is 10.4 Å². The molecule has 2 aliphatic carbocycles. The number of carbonyl (C=O) groups is 1. The molecule has 0 aliphatic heterocycles. The van der Waals surface area contributed by atoms with E-state index in [-0.39, 0.29) is 34.2 Å². The zero-order valence-electron chi connectivity index (χ0n) is 22.1. The van der Waals surface area contributed by atoms with Gasteiger partial charge in [0, 0.05) is 29.1 Å². The summed E-state index contributed by atoms with van der Waals surface area (Å²) in [5.41, 5.74) is 4.65. The van der Waals surface area contributed by atoms with Gasteiger partial charge in [-0.15, -0.1) is 0 Å². The van der Waals surface area contributed by atoms with Crippen LogP contribution in [0.3, 0.4) is 0 Å². The third-order valence-corrected chi connectivity index (χ3v) is 6.78. The molecule has 4 aromatic rings. The number of Topliss-reactive ketones (excluding diaryl/α,β-unsaturated/α-hetero) is 1. The summed E-state index contributed by atoms with van der Waals surface area (Å²) in [5.74, 6) is -0.259. The van der Waals surface area contributed by atoms with Crippen LogP contribution >= 0.6 is 0 Å². The normalized spacial score (nSPS) is 15.5. The van der Waals surface area contributed by atoms with E-state index in [0.29, 0.717) is 12.0 Å². The van der Waals surface area contributed by atoms with Crippen molar-refractivity contribution >= 4 is 5.78 Å². The maximum atomic E-state index is 13.1. The molecule has 0 saturated heterocycles. The molecule has 198 valence electrons. The fourth-order valence-corrected chi connectivity index (χ4v) is 5.04. The Balaban J connectivity index is 0.000000530. The van der Waals surface area contributed by atoms with Gasteiger partial charge < -0.3 is 14.4 Å². The first-order valence-corrected chi connectivity index (χ1v) is 12.9. The van der Waals surface area contributed by atoms with Gasteiger partial charge in [0.05, 0.1) is 12.0 Å². The van der Waals surface area contributed by atoms with Gasteiger partial charge in [0.15, 0.2) is 5.78 Å². The van der Waals surface area contributed by atoms with Crippen molar-refractivity contribution in [2.24, 2.45) is 5.41 Å². The summed E-state index contributed by atoms with van der Waals surface area (Å²) in [6.07, 6.45) is 7.74. The number of hydrogen-bond donors (Lipinski definition) is 0. The van der Waals surface area contributed by atoms with Crippen molar-refractivity contribution in [2.45, 2.75) is 32.8 Å². The van der Waals surface area contributed by atoms with Gasteiger partial charge in [-0.05, 0) is 41.2 Å². The number of aromatic nitrogens is 1. The van der Waals surface area contributed by atoms with E-state index in [2.05, 4.69) is 18.4 Å². The number of ether oxygens (including phenoxy) is 1. The summed E-state index contributed by atoms with van der Waals surface area (Å²) in [5, 5.41) is 13.0. The van der Waals surface area contributed by atoms with E-state index in [4.69, 9.17) is 4.74 Å². The summed E-state index contributed by atoms with van der Waals surface area (Å²) in [6.45, 7) is 4.25. The molecule has 2 aliphatic rings. The molecule has 0 amide bonds. The van der Waals surface area contributed by atoms with Crippen molar-refractivity contribution < 1.29 is 31.7 Å². The minimum absolute atomic E-state index is 0. The van der Waals surface area contributed by atoms with E-state index >= 15 is 0 Å². The van der Waals surface area contributed by atoms with Crippen molar-refractivity contribution in [1.82, 2.24) is 4.57 Å². The van der Waals surface area contributed by atoms with Crippen molar-refractivity contribution in [1.29, 1.82) is 0 Å². The summed E-state index contributed by atoms with van der Waals surface area (Å²) >= 11 is 0. The van der Waals surface area contributed by atoms with Crippen LogP contribution in [0.25, 0.3) is 5.69 Å². The largest absolute Gasteiger partial charge is 2.00 e. The third-order valence-electron chi connectivity index (χ3n) is 6.78. The molecule has 0 spiro atoms. The number of fused-ring (bicyclic) bond motifs is 1. The van der Waals surface area contributed by atoms with Crippen LogP contribution < -0.4 is 5.11 Å². The van der Waals surface area contributed by atoms with Gasteiger partial charge in [-0.3, -0.25) is 4.79 Å². The van der Waals surface area contributed by atoms with Crippen molar-refractivity contribution in [3.8, 4) is 5.69 Å². The predicted molar refractivity (Wildman–Crippen MR) is 149 cm³/mol. The fourth-order valence-electron chi connectivity index (χ4n) is 5.04. The van der Waals surface area contributed by atoms with Gasteiger partial charge >= 0.3 is 17.1 Å². The number of rotatable bonds is 5. The Labute approximate surface area is 240 Å². The molecule has 3 aromatic carbocycles. The second kappa shape index (κ2) is 12.3. The quantitative estimate of drug-likeness (QED) is 0.153. The van der Waals surface area contributed by atoms with E-state index in [9.17, 15) is 9.90 Å². The van der Waals surface area contributed by atoms with E-state index in [0.717, 1.165) is 34.6 Å². The Morgan fingerprint density at radius 1 is 0.923 bits per heavy atom.